The molecule has 10 heteroatoms. The quantitative estimate of drug-likeness (QED) is 0.0417. The molecule has 3 aromatic rings. The van der Waals surface area contributed by atoms with Crippen molar-refractivity contribution < 1.29 is 39.2 Å². The number of unbranched alkanes of at least 4 members (excludes halogenated alkanes) is 27. The zero-order chi connectivity index (χ0) is 46.4. The van der Waals surface area contributed by atoms with Crippen molar-refractivity contribution in [1.29, 1.82) is 0 Å². The summed E-state index contributed by atoms with van der Waals surface area (Å²) in [7, 11) is -14.5. The summed E-state index contributed by atoms with van der Waals surface area (Å²) in [6.45, 7) is 6.68. The molecule has 3 aromatic carbocycles. The average molecular weight is 976 g/mol. The standard InChI is InChI=1S/3C18H29O2S.Ti/c3*1-2-3-4-5-6-7-8-9-10-11-14-17-15-12-13-16-18(17)21(19)20;/h3*12-13,15-16H,2-11,14H2,1H3;. The van der Waals surface area contributed by atoms with Crippen molar-refractivity contribution in [2.75, 3.05) is 0 Å². The summed E-state index contributed by atoms with van der Waals surface area (Å²) >= 11 is -5.35. The molecule has 0 aliphatic heterocycles. The maximum atomic E-state index is 15.3. The first-order valence-electron chi connectivity index (χ1n) is 25.9. The van der Waals surface area contributed by atoms with Crippen LogP contribution >= 0.6 is 0 Å². The van der Waals surface area contributed by atoms with Gasteiger partial charge in [-0.15, -0.1) is 0 Å². The van der Waals surface area contributed by atoms with Crippen LogP contribution in [0.5, 0.6) is 0 Å². The van der Waals surface area contributed by atoms with Crippen LogP contribution in [0.1, 0.15) is 230 Å². The minimum absolute atomic E-state index is 0.132. The van der Waals surface area contributed by atoms with Gasteiger partial charge in [-0.05, 0) is 0 Å². The Morgan fingerprint density at radius 1 is 0.281 bits per heavy atom. The van der Waals surface area contributed by atoms with Crippen LogP contribution in [-0.4, -0.2) is 25.3 Å². The number of benzene rings is 3. The van der Waals surface area contributed by atoms with Gasteiger partial charge in [-0.1, -0.05) is 59.3 Å². The number of aryl methyl sites for hydroxylation is 3. The first kappa shape index (κ1) is 56.5. The van der Waals surface area contributed by atoms with Crippen molar-refractivity contribution in [2.45, 2.75) is 247 Å². The SMILES string of the molecule is CCCCCCCCCCCCc1ccccc1[S](=O)(=O)[Ti]([S](=O)(=O)c1ccccc1CCCCCCCCCCCC)[S](=O)(=O)c1ccccc1CCCCCCCCCCCC. The van der Waals surface area contributed by atoms with Crippen LogP contribution in [0.3, 0.4) is 0 Å². The molecule has 0 N–H and O–H groups in total. The van der Waals surface area contributed by atoms with E-state index in [0.29, 0.717) is 36.0 Å². The monoisotopic (exact) mass is 976 g/mol. The van der Waals surface area contributed by atoms with Crippen LogP contribution in [0.2, 0.25) is 0 Å². The molecule has 0 saturated carbocycles. The van der Waals surface area contributed by atoms with Crippen molar-refractivity contribution in [3.05, 3.63) is 89.5 Å². The molecule has 0 atom stereocenters. The molecule has 64 heavy (non-hydrogen) atoms. The predicted molar refractivity (Wildman–Crippen MR) is 268 cm³/mol. The van der Waals surface area contributed by atoms with Crippen molar-refractivity contribution in [1.82, 2.24) is 0 Å². The first-order valence-corrected chi connectivity index (χ1v) is 36.1. The molecule has 361 valence electrons. The van der Waals surface area contributed by atoms with Gasteiger partial charge in [0.25, 0.3) is 0 Å². The summed E-state index contributed by atoms with van der Waals surface area (Å²) in [4.78, 5) is -0.396. The van der Waals surface area contributed by atoms with Gasteiger partial charge in [0, 0.05) is 0 Å². The van der Waals surface area contributed by atoms with Crippen LogP contribution in [0.15, 0.2) is 87.5 Å². The summed E-state index contributed by atoms with van der Waals surface area (Å²) in [6, 6.07) is 19.7. The van der Waals surface area contributed by atoms with Gasteiger partial charge < -0.3 is 0 Å². The van der Waals surface area contributed by atoms with E-state index < -0.39 is 36.2 Å². The molecular formula is C54H87O6S3Ti. The number of hydrogen-bond acceptors (Lipinski definition) is 6. The van der Waals surface area contributed by atoms with E-state index in [4.69, 9.17) is 0 Å². The zero-order valence-electron chi connectivity index (χ0n) is 40.4. The molecule has 0 saturated heterocycles. The third-order valence-corrected chi connectivity index (χ3v) is 42.6. The van der Waals surface area contributed by atoms with Crippen LogP contribution in [-0.2, 0) is 55.5 Å². The molecule has 0 aliphatic rings. The van der Waals surface area contributed by atoms with Gasteiger partial charge in [0.1, 0.15) is 0 Å². The topological polar surface area (TPSA) is 102 Å². The summed E-state index contributed by atoms with van der Waals surface area (Å²) in [5, 5.41) is 0. The van der Waals surface area contributed by atoms with E-state index in [2.05, 4.69) is 20.8 Å². The average Bonchev–Trinajstić information content (AvgIpc) is 3.28. The molecule has 0 amide bonds. The van der Waals surface area contributed by atoms with E-state index >= 15 is 25.3 Å². The molecule has 6 nitrogen and oxygen atoms in total. The minimum atomic E-state index is -5.35. The van der Waals surface area contributed by atoms with Gasteiger partial charge in [-0.3, -0.25) is 0 Å². The molecule has 0 aliphatic carbocycles. The Morgan fingerprint density at radius 3 is 0.688 bits per heavy atom. The second kappa shape index (κ2) is 32.8. The fourth-order valence-electron chi connectivity index (χ4n) is 9.03. The summed E-state index contributed by atoms with van der Waals surface area (Å²) in [6.07, 6.45) is 35.5. The number of hydrogen-bond donors (Lipinski definition) is 0. The molecule has 0 fully saturated rings. The summed E-state index contributed by atoms with van der Waals surface area (Å²) in [5.74, 6) is 0. The molecule has 0 spiro atoms. The first-order chi connectivity index (χ1) is 31.0. The van der Waals surface area contributed by atoms with E-state index in [0.717, 1.165) is 77.0 Å². The van der Waals surface area contributed by atoms with Crippen LogP contribution in [0.4, 0.5) is 0 Å². The predicted octanol–water partition coefficient (Wildman–Crippen LogP) is 16.2. The molecule has 0 unspecified atom stereocenters. The van der Waals surface area contributed by atoms with E-state index in [1.807, 2.05) is 0 Å². The van der Waals surface area contributed by atoms with E-state index in [1.54, 1.807) is 54.6 Å². The fourth-order valence-corrected chi connectivity index (χ4v) is 39.5. The fraction of sp³-hybridized carbons (Fsp3) is 0.667. The van der Waals surface area contributed by atoms with E-state index in [1.165, 1.54) is 134 Å². The third-order valence-electron chi connectivity index (χ3n) is 12.8. The van der Waals surface area contributed by atoms with E-state index in [9.17, 15) is 0 Å². The van der Waals surface area contributed by atoms with Gasteiger partial charge in [-0.25, -0.2) is 0 Å². The Hall–Kier alpha value is -1.78. The summed E-state index contributed by atoms with van der Waals surface area (Å²) < 4.78 is 91.8. The Balaban J connectivity index is 1.90. The maximum absolute atomic E-state index is 15.3. The van der Waals surface area contributed by atoms with Crippen molar-refractivity contribution in [2.24, 2.45) is 0 Å². The van der Waals surface area contributed by atoms with Gasteiger partial charge in [0.15, 0.2) is 0 Å². The van der Waals surface area contributed by atoms with E-state index in [-0.39, 0.29) is 14.7 Å². The molecule has 0 radical (unpaired) electrons. The minimum Gasteiger partial charge on any atom is -0.0654 e. The smallest absolute Gasteiger partial charge is 0.0654 e. The van der Waals surface area contributed by atoms with Gasteiger partial charge in [0.05, 0.1) is 0 Å². The summed E-state index contributed by atoms with van der Waals surface area (Å²) in [5.41, 5.74) is 1.53. The van der Waals surface area contributed by atoms with Crippen LogP contribution in [0, 0.1) is 0 Å². The number of rotatable bonds is 39. The molecule has 0 heterocycles. The van der Waals surface area contributed by atoms with Crippen molar-refractivity contribution in [3.63, 3.8) is 0 Å². The third kappa shape index (κ3) is 19.8. The Morgan fingerprint density at radius 2 is 0.469 bits per heavy atom. The van der Waals surface area contributed by atoms with Gasteiger partial charge in [0.2, 0.25) is 0 Å². The second-order valence-corrected chi connectivity index (χ2v) is 39.3. The zero-order valence-corrected chi connectivity index (χ0v) is 44.4. The van der Waals surface area contributed by atoms with Gasteiger partial charge >= 0.3 is 339 Å². The molecular weight excluding hydrogens is 889 g/mol. The van der Waals surface area contributed by atoms with Gasteiger partial charge in [-0.2, -0.15) is 0 Å². The Labute approximate surface area is 395 Å². The van der Waals surface area contributed by atoms with Crippen LogP contribution in [0.25, 0.3) is 0 Å². The Bertz CT molecular complexity index is 1800. The van der Waals surface area contributed by atoms with Crippen molar-refractivity contribution in [3.8, 4) is 0 Å². The van der Waals surface area contributed by atoms with Crippen molar-refractivity contribution >= 4 is 22.3 Å². The molecule has 3 rings (SSSR count). The van der Waals surface area contributed by atoms with Crippen LogP contribution < -0.4 is 0 Å². The molecule has 0 aromatic heterocycles. The second-order valence-electron chi connectivity index (χ2n) is 18.4. The normalized spacial score (nSPS) is 12.2. The molecule has 0 bridgehead atoms. The Kier molecular flexibility index (Phi) is 29.0.